The number of fused-ring (bicyclic) bond motifs is 6. The molecule has 1 N–H and O–H groups in total. The quantitative estimate of drug-likeness (QED) is 0.727. The number of alkyl halides is 3. The Morgan fingerprint density at radius 3 is 2.74 bits per heavy atom. The van der Waals surface area contributed by atoms with Gasteiger partial charge < -0.3 is 9.88 Å². The predicted octanol–water partition coefficient (Wildman–Crippen LogP) is 4.65. The Morgan fingerprint density at radius 2 is 1.96 bits per heavy atom. The summed E-state index contributed by atoms with van der Waals surface area (Å²) in [5, 5.41) is 5.02. The van der Waals surface area contributed by atoms with Gasteiger partial charge in [-0.3, -0.25) is 4.98 Å². The van der Waals surface area contributed by atoms with Crippen LogP contribution >= 0.6 is 0 Å². The Balaban J connectivity index is 1.47. The lowest BCUT2D eigenvalue weighted by Crippen LogP contribution is -2.32. The molecule has 4 heterocycles. The zero-order chi connectivity index (χ0) is 18.6. The first-order valence-electron chi connectivity index (χ1n) is 9.39. The van der Waals surface area contributed by atoms with E-state index in [-0.39, 0.29) is 0 Å². The van der Waals surface area contributed by atoms with Crippen LogP contribution < -0.4 is 5.32 Å². The molecular formula is C21H20F3N3. The molecular weight excluding hydrogens is 351 g/mol. The van der Waals surface area contributed by atoms with E-state index < -0.39 is 11.9 Å². The minimum Gasteiger partial charge on any atom is -0.344 e. The number of aryl methyl sites for hydroxylation is 2. The summed E-state index contributed by atoms with van der Waals surface area (Å²) in [6.07, 6.45) is 1.03. The van der Waals surface area contributed by atoms with E-state index in [1.807, 2.05) is 0 Å². The largest absolute Gasteiger partial charge is 0.433 e. The van der Waals surface area contributed by atoms with Crippen molar-refractivity contribution in [2.75, 3.05) is 0 Å². The second-order valence-electron chi connectivity index (χ2n) is 7.53. The molecule has 5 rings (SSSR count). The van der Waals surface area contributed by atoms with Crippen LogP contribution in [0.4, 0.5) is 13.2 Å². The molecule has 3 nitrogen and oxygen atoms in total. The van der Waals surface area contributed by atoms with Crippen LogP contribution in [-0.4, -0.2) is 15.6 Å². The first kappa shape index (κ1) is 16.8. The summed E-state index contributed by atoms with van der Waals surface area (Å²) >= 11 is 0. The van der Waals surface area contributed by atoms with E-state index >= 15 is 0 Å². The average Bonchev–Trinajstić information content (AvgIpc) is 3.18. The molecule has 2 bridgehead atoms. The molecule has 3 aromatic rings. The van der Waals surface area contributed by atoms with E-state index in [1.165, 1.54) is 41.2 Å². The number of hydrogen-bond donors (Lipinski definition) is 1. The molecule has 27 heavy (non-hydrogen) atoms. The number of nitrogens with zero attached hydrogens (tertiary/aromatic N) is 2. The molecule has 2 aromatic heterocycles. The number of aromatic nitrogens is 2. The number of halogens is 3. The molecule has 1 saturated heterocycles. The average molecular weight is 371 g/mol. The van der Waals surface area contributed by atoms with Crippen LogP contribution in [0.15, 0.2) is 42.6 Å². The van der Waals surface area contributed by atoms with Gasteiger partial charge in [-0.1, -0.05) is 24.3 Å². The number of hydrogen-bond acceptors (Lipinski definition) is 2. The molecule has 1 fully saturated rings. The van der Waals surface area contributed by atoms with Gasteiger partial charge in [0.15, 0.2) is 0 Å². The minimum atomic E-state index is -4.39. The van der Waals surface area contributed by atoms with Crippen LogP contribution in [0.1, 0.15) is 41.4 Å². The molecule has 2 aliphatic rings. The molecule has 0 saturated carbocycles. The Labute approximate surface area is 155 Å². The van der Waals surface area contributed by atoms with Gasteiger partial charge in [-0.15, -0.1) is 0 Å². The van der Waals surface area contributed by atoms with Crippen molar-refractivity contribution in [3.63, 3.8) is 0 Å². The van der Waals surface area contributed by atoms with E-state index in [4.69, 9.17) is 0 Å². The predicted molar refractivity (Wildman–Crippen MR) is 97.5 cm³/mol. The monoisotopic (exact) mass is 371 g/mol. The van der Waals surface area contributed by atoms with Gasteiger partial charge in [0.25, 0.3) is 0 Å². The Kier molecular flexibility index (Phi) is 3.79. The van der Waals surface area contributed by atoms with Crippen LogP contribution in [0.25, 0.3) is 10.9 Å². The van der Waals surface area contributed by atoms with Crippen molar-refractivity contribution in [2.24, 2.45) is 0 Å². The van der Waals surface area contributed by atoms with Crippen molar-refractivity contribution >= 4 is 10.9 Å². The maximum Gasteiger partial charge on any atom is 0.433 e. The Bertz CT molecular complexity index is 988. The standard InChI is InChI=1S/C21H20F3N3/c22-21(23,24)19-8-5-13(12-25-19)9-10-27-17-4-2-1-3-15(17)20-16-7-6-14(26-16)11-18(20)27/h1-5,8,12,14,16,26H,6-7,9-11H2. The van der Waals surface area contributed by atoms with Gasteiger partial charge in [0.2, 0.25) is 0 Å². The lowest BCUT2D eigenvalue weighted by atomic mass is 9.99. The Morgan fingerprint density at radius 1 is 1.11 bits per heavy atom. The molecule has 2 aliphatic heterocycles. The SMILES string of the molecule is FC(F)(F)c1ccc(CCn2c3c(c4ccccc42)C2CCC(C3)N2)cn1. The lowest BCUT2D eigenvalue weighted by molar-refractivity contribution is -0.141. The lowest BCUT2D eigenvalue weighted by Gasteiger charge is -2.24. The maximum absolute atomic E-state index is 12.7. The molecule has 0 aliphatic carbocycles. The highest BCUT2D eigenvalue weighted by Gasteiger charge is 2.36. The summed E-state index contributed by atoms with van der Waals surface area (Å²) in [5.74, 6) is 0. The molecule has 0 amide bonds. The van der Waals surface area contributed by atoms with Gasteiger partial charge in [0.1, 0.15) is 5.69 Å². The highest BCUT2D eigenvalue weighted by Crippen LogP contribution is 2.41. The van der Waals surface area contributed by atoms with E-state index in [9.17, 15) is 13.2 Å². The van der Waals surface area contributed by atoms with Crippen molar-refractivity contribution in [3.8, 4) is 0 Å². The highest BCUT2D eigenvalue weighted by molar-refractivity contribution is 5.86. The van der Waals surface area contributed by atoms with Crippen LogP contribution in [0.2, 0.25) is 0 Å². The second-order valence-corrected chi connectivity index (χ2v) is 7.53. The molecule has 0 spiro atoms. The molecule has 2 unspecified atom stereocenters. The minimum absolute atomic E-state index is 0.428. The summed E-state index contributed by atoms with van der Waals surface area (Å²) in [6, 6.07) is 12.0. The van der Waals surface area contributed by atoms with Crippen LogP contribution in [0, 0.1) is 0 Å². The number of benzene rings is 1. The zero-order valence-corrected chi connectivity index (χ0v) is 14.8. The van der Waals surface area contributed by atoms with Crippen LogP contribution in [0.3, 0.4) is 0 Å². The maximum atomic E-state index is 12.7. The number of nitrogens with one attached hydrogen (secondary N) is 1. The van der Waals surface area contributed by atoms with Gasteiger partial charge in [-0.25, -0.2) is 0 Å². The zero-order valence-electron chi connectivity index (χ0n) is 14.8. The number of rotatable bonds is 3. The van der Waals surface area contributed by atoms with Gasteiger partial charge in [0, 0.05) is 47.8 Å². The van der Waals surface area contributed by atoms with Gasteiger partial charge in [-0.2, -0.15) is 13.2 Å². The molecule has 140 valence electrons. The molecule has 1 aromatic carbocycles. The van der Waals surface area contributed by atoms with Gasteiger partial charge >= 0.3 is 6.18 Å². The Hall–Kier alpha value is -2.34. The van der Waals surface area contributed by atoms with Crippen molar-refractivity contribution in [2.45, 2.75) is 50.5 Å². The number of pyridine rings is 1. The molecule has 0 radical (unpaired) electrons. The van der Waals surface area contributed by atoms with Crippen LogP contribution in [0.5, 0.6) is 0 Å². The van der Waals surface area contributed by atoms with E-state index in [0.717, 1.165) is 24.6 Å². The van der Waals surface area contributed by atoms with Crippen molar-refractivity contribution in [1.29, 1.82) is 0 Å². The third-order valence-corrected chi connectivity index (χ3v) is 5.89. The van der Waals surface area contributed by atoms with Gasteiger partial charge in [0.05, 0.1) is 0 Å². The second kappa shape index (κ2) is 6.09. The first-order chi connectivity index (χ1) is 13.0. The third kappa shape index (κ3) is 2.83. The summed E-state index contributed by atoms with van der Waals surface area (Å²) in [4.78, 5) is 3.59. The van der Waals surface area contributed by atoms with E-state index in [0.29, 0.717) is 18.5 Å². The van der Waals surface area contributed by atoms with E-state index in [1.54, 1.807) is 6.07 Å². The van der Waals surface area contributed by atoms with E-state index in [2.05, 4.69) is 39.1 Å². The third-order valence-electron chi connectivity index (χ3n) is 5.89. The van der Waals surface area contributed by atoms with Crippen molar-refractivity contribution in [1.82, 2.24) is 14.9 Å². The highest BCUT2D eigenvalue weighted by atomic mass is 19.4. The van der Waals surface area contributed by atoms with Crippen molar-refractivity contribution < 1.29 is 13.2 Å². The fourth-order valence-electron chi connectivity index (χ4n) is 4.67. The summed E-state index contributed by atoms with van der Waals surface area (Å²) in [5.41, 5.74) is 4.02. The van der Waals surface area contributed by atoms with Crippen molar-refractivity contribution in [3.05, 3.63) is 65.1 Å². The topological polar surface area (TPSA) is 29.9 Å². The fourth-order valence-corrected chi connectivity index (χ4v) is 4.67. The fraction of sp³-hybridized carbons (Fsp3) is 0.381. The summed E-state index contributed by atoms with van der Waals surface area (Å²) < 4.78 is 40.5. The summed E-state index contributed by atoms with van der Waals surface area (Å²) in [7, 11) is 0. The summed E-state index contributed by atoms with van der Waals surface area (Å²) in [6.45, 7) is 0.752. The molecule has 6 heteroatoms. The smallest absolute Gasteiger partial charge is 0.344 e. The first-order valence-corrected chi connectivity index (χ1v) is 9.39. The normalized spacial score (nSPS) is 21.6. The van der Waals surface area contributed by atoms with Crippen LogP contribution in [-0.2, 0) is 25.6 Å². The van der Waals surface area contributed by atoms with Gasteiger partial charge in [-0.05, 0) is 42.5 Å². The molecule has 2 atom stereocenters. The number of para-hydroxylation sites is 1.